The number of oxazole rings is 1. The molecule has 2 aromatic rings. The molecule has 1 aromatic heterocycles. The Hall–Kier alpha value is -1.85. The highest BCUT2D eigenvalue weighted by Gasteiger charge is 2.22. The molecule has 1 aliphatic heterocycles. The Kier molecular flexibility index (Phi) is 4.98. The summed E-state index contributed by atoms with van der Waals surface area (Å²) in [7, 11) is 0. The van der Waals surface area contributed by atoms with Crippen molar-refractivity contribution in [1.82, 2.24) is 15.2 Å². The second-order valence-electron chi connectivity index (χ2n) is 5.90. The van der Waals surface area contributed by atoms with E-state index in [4.69, 9.17) is 16.0 Å². The van der Waals surface area contributed by atoms with Crippen LogP contribution in [0.1, 0.15) is 34.9 Å². The van der Waals surface area contributed by atoms with Gasteiger partial charge in [-0.3, -0.25) is 9.69 Å². The van der Waals surface area contributed by atoms with Crippen LogP contribution < -0.4 is 5.32 Å². The first-order chi connectivity index (χ1) is 11.1. The zero-order valence-electron chi connectivity index (χ0n) is 13.1. The third kappa shape index (κ3) is 4.33. The maximum atomic E-state index is 12.3. The summed E-state index contributed by atoms with van der Waals surface area (Å²) >= 11 is 5.85. The van der Waals surface area contributed by atoms with Crippen molar-refractivity contribution in [2.45, 2.75) is 32.4 Å². The summed E-state index contributed by atoms with van der Waals surface area (Å²) in [5.41, 5.74) is 0.636. The molecule has 1 atom stereocenters. The van der Waals surface area contributed by atoms with Gasteiger partial charge in [-0.1, -0.05) is 11.6 Å². The number of hydrogen-bond donors (Lipinski definition) is 1. The predicted molar refractivity (Wildman–Crippen MR) is 88.5 cm³/mol. The topological polar surface area (TPSA) is 58.4 Å². The van der Waals surface area contributed by atoms with Gasteiger partial charge in [0.25, 0.3) is 5.91 Å². The molecule has 0 saturated carbocycles. The fourth-order valence-corrected chi connectivity index (χ4v) is 3.01. The Morgan fingerprint density at radius 2 is 2.22 bits per heavy atom. The number of carbonyl (C=O) groups is 1. The highest BCUT2D eigenvalue weighted by Crippen LogP contribution is 2.15. The van der Waals surface area contributed by atoms with Gasteiger partial charge in [0.05, 0.1) is 12.7 Å². The second kappa shape index (κ2) is 7.15. The van der Waals surface area contributed by atoms with E-state index in [1.54, 1.807) is 30.5 Å². The molecule has 0 aliphatic carbocycles. The van der Waals surface area contributed by atoms with Gasteiger partial charge in [-0.15, -0.1) is 0 Å². The van der Waals surface area contributed by atoms with Crippen LogP contribution in [0.3, 0.4) is 0 Å². The normalized spacial score (nSPS) is 18.8. The fraction of sp³-hybridized carbons (Fsp3) is 0.412. The summed E-state index contributed by atoms with van der Waals surface area (Å²) in [6.07, 6.45) is 3.81. The van der Waals surface area contributed by atoms with Gasteiger partial charge in [-0.05, 0) is 43.7 Å². The monoisotopic (exact) mass is 333 g/mol. The maximum absolute atomic E-state index is 12.3. The van der Waals surface area contributed by atoms with Crippen LogP contribution >= 0.6 is 11.6 Å². The van der Waals surface area contributed by atoms with E-state index in [1.165, 1.54) is 0 Å². The minimum Gasteiger partial charge on any atom is -0.445 e. The van der Waals surface area contributed by atoms with Crippen molar-refractivity contribution in [2.24, 2.45) is 0 Å². The molecular formula is C17H20ClN3O2. The largest absolute Gasteiger partial charge is 0.445 e. The standard InChI is InChI=1S/C17H20ClN3O2/c1-12-19-9-16(23-12)11-21-8-2-3-15(10-21)20-17(22)13-4-6-14(18)7-5-13/h4-7,9,15H,2-3,8,10-11H2,1H3,(H,20,22). The number of benzene rings is 1. The van der Waals surface area contributed by atoms with Crippen LogP contribution in [0, 0.1) is 6.92 Å². The van der Waals surface area contributed by atoms with Gasteiger partial charge < -0.3 is 9.73 Å². The smallest absolute Gasteiger partial charge is 0.251 e. The van der Waals surface area contributed by atoms with E-state index in [2.05, 4.69) is 15.2 Å². The third-order valence-corrected chi connectivity index (χ3v) is 4.25. The number of nitrogens with zero attached hydrogens (tertiary/aromatic N) is 2. The zero-order chi connectivity index (χ0) is 16.2. The summed E-state index contributed by atoms with van der Waals surface area (Å²) in [5, 5.41) is 3.74. The van der Waals surface area contributed by atoms with Crippen LogP contribution in [0.25, 0.3) is 0 Å². The van der Waals surface area contributed by atoms with Crippen LogP contribution in [0.4, 0.5) is 0 Å². The average molecular weight is 334 g/mol. The zero-order valence-corrected chi connectivity index (χ0v) is 13.8. The Morgan fingerprint density at radius 1 is 1.43 bits per heavy atom. The lowest BCUT2D eigenvalue weighted by molar-refractivity contribution is 0.0897. The van der Waals surface area contributed by atoms with Crippen LogP contribution in [0.15, 0.2) is 34.9 Å². The Balaban J connectivity index is 1.55. The van der Waals surface area contributed by atoms with Crippen LogP contribution in [0.5, 0.6) is 0 Å². The number of amides is 1. The van der Waals surface area contributed by atoms with Crippen LogP contribution in [0.2, 0.25) is 5.02 Å². The molecule has 0 radical (unpaired) electrons. The molecule has 23 heavy (non-hydrogen) atoms. The third-order valence-electron chi connectivity index (χ3n) is 4.00. The van der Waals surface area contributed by atoms with E-state index in [1.807, 2.05) is 6.92 Å². The quantitative estimate of drug-likeness (QED) is 0.934. The molecule has 2 heterocycles. The highest BCUT2D eigenvalue weighted by atomic mass is 35.5. The van der Waals surface area contributed by atoms with E-state index in [0.29, 0.717) is 16.5 Å². The summed E-state index contributed by atoms with van der Waals surface area (Å²) in [6.45, 7) is 4.40. The number of rotatable bonds is 4. The van der Waals surface area contributed by atoms with E-state index in [-0.39, 0.29) is 11.9 Å². The lowest BCUT2D eigenvalue weighted by atomic mass is 10.0. The van der Waals surface area contributed by atoms with Crippen molar-refractivity contribution in [3.63, 3.8) is 0 Å². The van der Waals surface area contributed by atoms with Gasteiger partial charge in [0.1, 0.15) is 5.76 Å². The van der Waals surface area contributed by atoms with Crippen molar-refractivity contribution in [1.29, 1.82) is 0 Å². The number of piperidine rings is 1. The number of hydrogen-bond acceptors (Lipinski definition) is 4. The van der Waals surface area contributed by atoms with Crippen molar-refractivity contribution in [3.05, 3.63) is 52.7 Å². The molecule has 3 rings (SSSR count). The molecular weight excluding hydrogens is 314 g/mol. The van der Waals surface area contributed by atoms with Crippen LogP contribution in [-0.4, -0.2) is 34.9 Å². The van der Waals surface area contributed by atoms with Gasteiger partial charge >= 0.3 is 0 Å². The van der Waals surface area contributed by atoms with Crippen molar-refractivity contribution in [3.8, 4) is 0 Å². The fourth-order valence-electron chi connectivity index (χ4n) is 2.89. The molecule has 5 nitrogen and oxygen atoms in total. The molecule has 1 fully saturated rings. The predicted octanol–water partition coefficient (Wildman–Crippen LogP) is 3.03. The number of nitrogens with one attached hydrogen (secondary N) is 1. The van der Waals surface area contributed by atoms with Crippen LogP contribution in [-0.2, 0) is 6.54 Å². The molecule has 122 valence electrons. The van der Waals surface area contributed by atoms with Crippen molar-refractivity contribution >= 4 is 17.5 Å². The van der Waals surface area contributed by atoms with Gasteiger partial charge in [0.15, 0.2) is 5.89 Å². The molecule has 1 aromatic carbocycles. The first-order valence-corrected chi connectivity index (χ1v) is 8.18. The van der Waals surface area contributed by atoms with Gasteiger partial charge in [0, 0.05) is 30.1 Å². The Labute approximate surface area is 140 Å². The number of halogens is 1. The number of aromatic nitrogens is 1. The van der Waals surface area contributed by atoms with E-state index >= 15 is 0 Å². The Bertz CT molecular complexity index is 669. The van der Waals surface area contributed by atoms with Gasteiger partial charge in [0.2, 0.25) is 0 Å². The number of aryl methyl sites for hydroxylation is 1. The average Bonchev–Trinajstić information content (AvgIpc) is 2.93. The summed E-state index contributed by atoms with van der Waals surface area (Å²) < 4.78 is 5.53. The van der Waals surface area contributed by atoms with Crippen molar-refractivity contribution in [2.75, 3.05) is 13.1 Å². The second-order valence-corrected chi connectivity index (χ2v) is 6.34. The van der Waals surface area contributed by atoms with E-state index < -0.39 is 0 Å². The molecule has 6 heteroatoms. The number of likely N-dealkylation sites (tertiary alicyclic amines) is 1. The molecule has 1 amide bonds. The highest BCUT2D eigenvalue weighted by molar-refractivity contribution is 6.30. The minimum atomic E-state index is -0.0518. The molecule has 1 saturated heterocycles. The lowest BCUT2D eigenvalue weighted by Crippen LogP contribution is -2.47. The molecule has 0 bridgehead atoms. The molecule has 1 aliphatic rings. The first-order valence-electron chi connectivity index (χ1n) is 7.80. The number of carbonyl (C=O) groups excluding carboxylic acids is 1. The minimum absolute atomic E-state index is 0.0518. The maximum Gasteiger partial charge on any atom is 0.251 e. The molecule has 0 spiro atoms. The Morgan fingerprint density at radius 3 is 2.91 bits per heavy atom. The summed E-state index contributed by atoms with van der Waals surface area (Å²) in [5.74, 6) is 1.50. The van der Waals surface area contributed by atoms with E-state index in [0.717, 1.165) is 38.2 Å². The molecule has 1 unspecified atom stereocenters. The summed E-state index contributed by atoms with van der Waals surface area (Å²) in [4.78, 5) is 18.7. The SMILES string of the molecule is Cc1ncc(CN2CCCC(NC(=O)c3ccc(Cl)cc3)C2)o1. The van der Waals surface area contributed by atoms with Gasteiger partial charge in [-0.25, -0.2) is 4.98 Å². The first kappa shape index (κ1) is 16.0. The van der Waals surface area contributed by atoms with Gasteiger partial charge in [-0.2, -0.15) is 0 Å². The van der Waals surface area contributed by atoms with Crippen molar-refractivity contribution < 1.29 is 9.21 Å². The lowest BCUT2D eigenvalue weighted by Gasteiger charge is -2.32. The summed E-state index contributed by atoms with van der Waals surface area (Å²) in [6, 6.07) is 7.10. The van der Waals surface area contributed by atoms with E-state index in [9.17, 15) is 4.79 Å². The molecule has 1 N–H and O–H groups in total.